The zero-order valence-electron chi connectivity index (χ0n) is 33.2. The predicted octanol–water partition coefficient (Wildman–Crippen LogP) is 12.7. The van der Waals surface area contributed by atoms with Crippen molar-refractivity contribution in [1.82, 2.24) is 0 Å². The van der Waals surface area contributed by atoms with Gasteiger partial charge in [-0.25, -0.2) is 4.79 Å². The molecule has 0 radical (unpaired) electrons. The zero-order chi connectivity index (χ0) is 36.6. The smallest absolute Gasteiger partial charge is 0.331 e. The van der Waals surface area contributed by atoms with Crippen LogP contribution in [0.5, 0.6) is 0 Å². The van der Waals surface area contributed by atoms with Gasteiger partial charge >= 0.3 is 5.97 Å². The van der Waals surface area contributed by atoms with Crippen molar-refractivity contribution in [2.45, 2.75) is 158 Å². The van der Waals surface area contributed by atoms with Crippen molar-refractivity contribution in [3.8, 4) is 0 Å². The van der Waals surface area contributed by atoms with Gasteiger partial charge in [0, 0.05) is 12.5 Å². The summed E-state index contributed by atoms with van der Waals surface area (Å²) in [6, 6.07) is 0. The van der Waals surface area contributed by atoms with Gasteiger partial charge in [0.2, 0.25) is 0 Å². The van der Waals surface area contributed by atoms with E-state index in [9.17, 15) is 9.90 Å². The standard InChI is InChI=1S/C47H70O3/c1-32(2)15-11-18-36(6)42-25-26-43-38(20-14-28-47(42,43)10)22-23-39-30-40(48)31-44(37(39)7)50-45(49)29-34(4)17-12-16-33(3)21-24-41-35(5)19-13-27-46(41,8)9/h12,16-17,21-24,29,32,36,40,42-44,48H,7,11,13-15,18-20,25-28,30-31H2,1-6,8-10H3/t36-,40-,42-,43?,44+,47?/m1/s1. The molecule has 0 heterocycles. The molecular formula is C47H70O3. The van der Waals surface area contributed by atoms with Crippen LogP contribution in [0, 0.1) is 34.5 Å². The maximum Gasteiger partial charge on any atom is 0.331 e. The Bertz CT molecular complexity index is 1440. The second kappa shape index (κ2) is 17.7. The molecule has 0 aromatic carbocycles. The van der Waals surface area contributed by atoms with E-state index in [1.54, 1.807) is 5.57 Å². The summed E-state index contributed by atoms with van der Waals surface area (Å²) in [4.78, 5) is 13.0. The lowest BCUT2D eigenvalue weighted by Crippen LogP contribution is -2.36. The number of hydrogen-bond acceptors (Lipinski definition) is 3. The summed E-state index contributed by atoms with van der Waals surface area (Å²) in [7, 11) is 0. The maximum atomic E-state index is 13.0. The minimum atomic E-state index is -0.549. The number of carbonyl (C=O) groups excluding carboxylic acids is 1. The largest absolute Gasteiger partial charge is 0.454 e. The Morgan fingerprint density at radius 3 is 2.46 bits per heavy atom. The van der Waals surface area contributed by atoms with E-state index >= 15 is 0 Å². The van der Waals surface area contributed by atoms with Crippen molar-refractivity contribution >= 4 is 5.97 Å². The van der Waals surface area contributed by atoms with Gasteiger partial charge in [-0.05, 0) is 135 Å². The molecule has 4 aliphatic carbocycles. The average molecular weight is 683 g/mol. The van der Waals surface area contributed by atoms with E-state index < -0.39 is 18.2 Å². The molecule has 3 fully saturated rings. The maximum absolute atomic E-state index is 13.0. The second-order valence-corrected chi connectivity index (χ2v) is 17.8. The molecule has 0 saturated heterocycles. The molecule has 0 amide bonds. The number of rotatable bonds is 12. The van der Waals surface area contributed by atoms with E-state index in [0.717, 1.165) is 46.5 Å². The van der Waals surface area contributed by atoms with Crippen LogP contribution in [0.15, 0.2) is 94.2 Å². The van der Waals surface area contributed by atoms with Gasteiger partial charge in [0.25, 0.3) is 0 Å². The molecule has 276 valence electrons. The van der Waals surface area contributed by atoms with Gasteiger partial charge < -0.3 is 9.84 Å². The van der Waals surface area contributed by atoms with Crippen LogP contribution in [-0.4, -0.2) is 23.3 Å². The van der Waals surface area contributed by atoms with Gasteiger partial charge in [-0.15, -0.1) is 0 Å². The Kier molecular flexibility index (Phi) is 14.2. The molecule has 4 rings (SSSR count). The van der Waals surface area contributed by atoms with Gasteiger partial charge in [-0.2, -0.15) is 0 Å². The third-order valence-electron chi connectivity index (χ3n) is 12.8. The first-order valence-corrected chi connectivity index (χ1v) is 20.0. The lowest BCUT2D eigenvalue weighted by Gasteiger charge is -2.44. The number of fused-ring (bicyclic) bond motifs is 1. The first-order chi connectivity index (χ1) is 23.6. The summed E-state index contributed by atoms with van der Waals surface area (Å²) < 4.78 is 5.90. The second-order valence-electron chi connectivity index (χ2n) is 17.8. The molecule has 2 unspecified atom stereocenters. The van der Waals surface area contributed by atoms with E-state index in [-0.39, 0.29) is 5.41 Å². The van der Waals surface area contributed by atoms with E-state index in [1.807, 2.05) is 19.1 Å². The fourth-order valence-electron chi connectivity index (χ4n) is 9.87. The Hall–Kier alpha value is -2.65. The molecule has 50 heavy (non-hydrogen) atoms. The third-order valence-corrected chi connectivity index (χ3v) is 12.8. The Balaban J connectivity index is 1.36. The van der Waals surface area contributed by atoms with Gasteiger partial charge in [-0.1, -0.05) is 127 Å². The lowest BCUT2D eigenvalue weighted by molar-refractivity contribution is -0.142. The van der Waals surface area contributed by atoms with Crippen molar-refractivity contribution in [3.05, 3.63) is 94.2 Å². The minimum absolute atomic E-state index is 0.227. The Morgan fingerprint density at radius 2 is 1.74 bits per heavy atom. The number of esters is 1. The minimum Gasteiger partial charge on any atom is -0.454 e. The van der Waals surface area contributed by atoms with E-state index in [4.69, 9.17) is 4.74 Å². The van der Waals surface area contributed by atoms with Crippen LogP contribution in [-0.2, 0) is 9.53 Å². The molecule has 0 aromatic heterocycles. The van der Waals surface area contributed by atoms with Crippen molar-refractivity contribution < 1.29 is 14.6 Å². The number of aliphatic hydroxyl groups excluding tert-OH is 1. The Morgan fingerprint density at radius 1 is 1.00 bits per heavy atom. The fourth-order valence-corrected chi connectivity index (χ4v) is 9.87. The topological polar surface area (TPSA) is 46.5 Å². The number of aliphatic hydroxyl groups is 1. The third kappa shape index (κ3) is 10.5. The summed E-state index contributed by atoms with van der Waals surface area (Å²) in [5.41, 5.74) is 8.95. The molecule has 0 aromatic rings. The summed E-state index contributed by atoms with van der Waals surface area (Å²) in [5, 5.41) is 10.8. The van der Waals surface area contributed by atoms with Crippen molar-refractivity contribution in [1.29, 1.82) is 0 Å². The quantitative estimate of drug-likeness (QED) is 0.127. The van der Waals surface area contributed by atoms with E-state index in [0.29, 0.717) is 24.2 Å². The molecular weight excluding hydrogens is 613 g/mol. The average Bonchev–Trinajstić information content (AvgIpc) is 3.38. The molecule has 4 aliphatic rings. The number of allylic oxidation sites excluding steroid dienone is 12. The molecule has 6 atom stereocenters. The van der Waals surface area contributed by atoms with Crippen LogP contribution in [0.1, 0.15) is 146 Å². The van der Waals surface area contributed by atoms with E-state index in [1.165, 1.54) is 81.4 Å². The molecule has 0 bridgehead atoms. The molecule has 0 spiro atoms. The molecule has 3 heteroatoms. The highest BCUT2D eigenvalue weighted by Crippen LogP contribution is 2.60. The molecule has 0 aliphatic heterocycles. The number of ether oxygens (including phenoxy) is 1. The van der Waals surface area contributed by atoms with Gasteiger partial charge in [0.05, 0.1) is 6.10 Å². The molecule has 1 N–H and O–H groups in total. The highest BCUT2D eigenvalue weighted by molar-refractivity contribution is 5.83. The zero-order valence-corrected chi connectivity index (χ0v) is 33.2. The van der Waals surface area contributed by atoms with Crippen molar-refractivity contribution in [2.75, 3.05) is 0 Å². The first kappa shape index (κ1) is 40.1. The van der Waals surface area contributed by atoms with Gasteiger partial charge in [0.1, 0.15) is 6.10 Å². The van der Waals surface area contributed by atoms with Crippen LogP contribution < -0.4 is 0 Å². The SMILES string of the molecule is C=C1C(=CC=C2CCCC3(C)C2CC[C@@H]3[C@H](C)CCCC(C)C)C[C@@H](O)C[C@@H]1OC(=O)C=C(C)C=CC=C(C)C=CC1=C(C)CCCC1(C)C. The van der Waals surface area contributed by atoms with Crippen molar-refractivity contribution in [2.24, 2.45) is 34.5 Å². The number of hydrogen-bond donors (Lipinski definition) is 1. The first-order valence-electron chi connectivity index (χ1n) is 20.0. The molecule has 3 saturated carbocycles. The van der Waals surface area contributed by atoms with Crippen LogP contribution in [0.4, 0.5) is 0 Å². The summed E-state index contributed by atoms with van der Waals surface area (Å²) in [5.74, 6) is 2.62. The van der Waals surface area contributed by atoms with Crippen molar-refractivity contribution in [3.63, 3.8) is 0 Å². The number of carbonyl (C=O) groups is 1. The fraction of sp³-hybridized carbons (Fsp3) is 0.638. The summed E-state index contributed by atoms with van der Waals surface area (Å²) in [6.45, 7) is 25.1. The van der Waals surface area contributed by atoms with Crippen LogP contribution in [0.3, 0.4) is 0 Å². The highest BCUT2D eigenvalue weighted by atomic mass is 16.5. The predicted molar refractivity (Wildman–Crippen MR) is 213 cm³/mol. The van der Waals surface area contributed by atoms with E-state index in [2.05, 4.69) is 92.3 Å². The Labute approximate surface area is 306 Å². The normalized spacial score (nSPS) is 31.8. The van der Waals surface area contributed by atoms with Crippen LogP contribution in [0.25, 0.3) is 0 Å². The summed E-state index contributed by atoms with van der Waals surface area (Å²) in [6.07, 6.45) is 30.5. The van der Waals surface area contributed by atoms with Crippen LogP contribution >= 0.6 is 0 Å². The van der Waals surface area contributed by atoms with Crippen LogP contribution in [0.2, 0.25) is 0 Å². The van der Waals surface area contributed by atoms with Gasteiger partial charge in [0.15, 0.2) is 0 Å². The molecule has 3 nitrogen and oxygen atoms in total. The highest BCUT2D eigenvalue weighted by Gasteiger charge is 2.50. The lowest BCUT2D eigenvalue weighted by atomic mass is 9.60. The summed E-state index contributed by atoms with van der Waals surface area (Å²) >= 11 is 0. The monoisotopic (exact) mass is 683 g/mol. The van der Waals surface area contributed by atoms with Gasteiger partial charge in [-0.3, -0.25) is 0 Å².